The number of carbonyl (C=O) groups excluding carboxylic acids is 1. The summed E-state index contributed by atoms with van der Waals surface area (Å²) in [6, 6.07) is 19.1. The molecule has 3 aromatic rings. The Morgan fingerprint density at radius 3 is 2.44 bits per heavy atom. The molecule has 8 nitrogen and oxygen atoms in total. The van der Waals surface area contributed by atoms with E-state index in [0.29, 0.717) is 22.9 Å². The van der Waals surface area contributed by atoms with E-state index in [4.69, 9.17) is 16.3 Å². The molecule has 0 aromatic heterocycles. The Morgan fingerprint density at radius 2 is 1.84 bits per heavy atom. The second-order valence-corrected chi connectivity index (χ2v) is 7.00. The van der Waals surface area contributed by atoms with Crippen LogP contribution >= 0.6 is 11.6 Å². The molecule has 0 radical (unpaired) electrons. The van der Waals surface area contributed by atoms with Gasteiger partial charge in [0.2, 0.25) is 0 Å². The number of nitrogens with zero attached hydrogens (tertiary/aromatic N) is 2. The molecule has 0 aliphatic carbocycles. The first kappa shape index (κ1) is 22.3. The van der Waals surface area contributed by atoms with Gasteiger partial charge in [0.05, 0.1) is 16.7 Å². The van der Waals surface area contributed by atoms with Crippen molar-refractivity contribution in [2.24, 2.45) is 0 Å². The number of ether oxygens (including phenoxy) is 1. The molecule has 0 unspecified atom stereocenters. The van der Waals surface area contributed by atoms with Crippen LogP contribution in [-0.4, -0.2) is 15.9 Å². The van der Waals surface area contributed by atoms with E-state index in [1.807, 2.05) is 12.1 Å². The number of nitrogens with one attached hydrogen (secondary N) is 1. The quantitative estimate of drug-likeness (QED) is 0.170. The van der Waals surface area contributed by atoms with Gasteiger partial charge in [0.25, 0.3) is 11.6 Å². The number of nitro groups is 1. The van der Waals surface area contributed by atoms with Gasteiger partial charge >= 0.3 is 0 Å². The lowest BCUT2D eigenvalue weighted by molar-refractivity contribution is -0.384. The molecule has 2 N–H and O–H groups in total. The van der Waals surface area contributed by atoms with E-state index in [1.165, 1.54) is 12.1 Å². The Balaban J connectivity index is 1.66. The number of phenols is 1. The van der Waals surface area contributed by atoms with Crippen molar-refractivity contribution in [2.45, 2.75) is 6.61 Å². The normalized spacial score (nSPS) is 10.8. The van der Waals surface area contributed by atoms with Crippen LogP contribution in [0.15, 0.2) is 72.3 Å². The Hall–Kier alpha value is -4.35. The molecule has 0 bridgehead atoms. The third-order valence-corrected chi connectivity index (χ3v) is 4.57. The van der Waals surface area contributed by atoms with Crippen molar-refractivity contribution in [1.82, 2.24) is 0 Å². The summed E-state index contributed by atoms with van der Waals surface area (Å²) in [5.74, 6) is -0.636. The summed E-state index contributed by atoms with van der Waals surface area (Å²) in [7, 11) is 0. The molecular weight excluding hydrogens is 434 g/mol. The Morgan fingerprint density at radius 1 is 1.16 bits per heavy atom. The van der Waals surface area contributed by atoms with Crippen molar-refractivity contribution < 1.29 is 19.6 Å². The van der Waals surface area contributed by atoms with Gasteiger partial charge in [-0.25, -0.2) is 0 Å². The van der Waals surface area contributed by atoms with Crippen molar-refractivity contribution in [3.05, 3.63) is 98.6 Å². The monoisotopic (exact) mass is 449 g/mol. The summed E-state index contributed by atoms with van der Waals surface area (Å²) >= 11 is 5.86. The van der Waals surface area contributed by atoms with Crippen molar-refractivity contribution in [1.29, 1.82) is 5.26 Å². The Kier molecular flexibility index (Phi) is 7.06. The van der Waals surface area contributed by atoms with Crippen molar-refractivity contribution in [2.75, 3.05) is 5.32 Å². The highest BCUT2D eigenvalue weighted by atomic mass is 35.5. The van der Waals surface area contributed by atoms with Crippen LogP contribution in [0.25, 0.3) is 6.08 Å². The zero-order chi connectivity index (χ0) is 23.1. The number of rotatable bonds is 7. The van der Waals surface area contributed by atoms with Crippen LogP contribution < -0.4 is 10.1 Å². The molecular formula is C23H16ClN3O5. The van der Waals surface area contributed by atoms with E-state index in [1.54, 1.807) is 42.5 Å². The van der Waals surface area contributed by atoms with E-state index >= 15 is 0 Å². The molecule has 160 valence electrons. The second kappa shape index (κ2) is 10.1. The average molecular weight is 450 g/mol. The highest BCUT2D eigenvalue weighted by Crippen LogP contribution is 2.28. The number of aromatic hydroxyl groups is 1. The fourth-order valence-electron chi connectivity index (χ4n) is 2.65. The minimum absolute atomic E-state index is 0.0484. The number of anilines is 1. The fourth-order valence-corrected chi connectivity index (χ4v) is 2.78. The molecule has 0 spiro atoms. The number of amides is 1. The lowest BCUT2D eigenvalue weighted by Gasteiger charge is -2.08. The molecule has 0 saturated carbocycles. The van der Waals surface area contributed by atoms with Gasteiger partial charge in [-0.1, -0.05) is 35.9 Å². The van der Waals surface area contributed by atoms with E-state index < -0.39 is 16.6 Å². The summed E-state index contributed by atoms with van der Waals surface area (Å²) in [4.78, 5) is 22.5. The van der Waals surface area contributed by atoms with Gasteiger partial charge in [0.1, 0.15) is 29.7 Å². The van der Waals surface area contributed by atoms with Gasteiger partial charge in [-0.2, -0.15) is 5.26 Å². The van der Waals surface area contributed by atoms with Gasteiger partial charge in [0.15, 0.2) is 0 Å². The van der Waals surface area contributed by atoms with Crippen LogP contribution in [0.5, 0.6) is 11.5 Å². The number of benzene rings is 3. The summed E-state index contributed by atoms with van der Waals surface area (Å²) in [5, 5.41) is 33.0. The van der Waals surface area contributed by atoms with E-state index in [-0.39, 0.29) is 16.9 Å². The van der Waals surface area contributed by atoms with Gasteiger partial charge in [-0.05, 0) is 47.5 Å². The first-order valence-electron chi connectivity index (χ1n) is 9.23. The van der Waals surface area contributed by atoms with E-state index in [9.17, 15) is 25.3 Å². The highest BCUT2D eigenvalue weighted by molar-refractivity contribution is 6.30. The first-order chi connectivity index (χ1) is 15.4. The van der Waals surface area contributed by atoms with Crippen LogP contribution in [0, 0.1) is 21.4 Å². The third kappa shape index (κ3) is 5.84. The SMILES string of the molecule is N#CC(=Cc1ccc(OCc2ccc(Cl)cc2)cc1)C(=O)Nc1ccc([N+](=O)[O-])cc1O. The van der Waals surface area contributed by atoms with E-state index in [0.717, 1.165) is 17.7 Å². The van der Waals surface area contributed by atoms with Gasteiger partial charge in [0, 0.05) is 11.1 Å². The Labute approximate surface area is 188 Å². The molecule has 0 atom stereocenters. The molecule has 32 heavy (non-hydrogen) atoms. The zero-order valence-corrected chi connectivity index (χ0v) is 17.2. The number of nitriles is 1. The molecule has 0 aliphatic heterocycles. The zero-order valence-electron chi connectivity index (χ0n) is 16.5. The number of hydrogen-bond acceptors (Lipinski definition) is 6. The molecule has 0 fully saturated rings. The molecule has 3 rings (SSSR count). The molecule has 1 amide bonds. The molecule has 9 heteroatoms. The molecule has 0 saturated heterocycles. The van der Waals surface area contributed by atoms with Gasteiger partial charge < -0.3 is 15.2 Å². The third-order valence-electron chi connectivity index (χ3n) is 4.32. The Bertz CT molecular complexity index is 1220. The largest absolute Gasteiger partial charge is 0.506 e. The number of hydrogen-bond donors (Lipinski definition) is 2. The number of phenolic OH excluding ortho intramolecular Hbond substituents is 1. The number of nitro benzene ring substituents is 1. The van der Waals surface area contributed by atoms with Crippen LogP contribution in [0.2, 0.25) is 5.02 Å². The van der Waals surface area contributed by atoms with Crippen molar-refractivity contribution in [3.8, 4) is 17.6 Å². The minimum Gasteiger partial charge on any atom is -0.506 e. The maximum absolute atomic E-state index is 12.4. The van der Waals surface area contributed by atoms with Crippen molar-refractivity contribution >= 4 is 35.0 Å². The summed E-state index contributed by atoms with van der Waals surface area (Å²) < 4.78 is 5.70. The fraction of sp³-hybridized carbons (Fsp3) is 0.0435. The number of carbonyl (C=O) groups is 1. The average Bonchev–Trinajstić information content (AvgIpc) is 2.79. The lowest BCUT2D eigenvalue weighted by atomic mass is 10.1. The lowest BCUT2D eigenvalue weighted by Crippen LogP contribution is -2.13. The van der Waals surface area contributed by atoms with Gasteiger partial charge in [-0.3, -0.25) is 14.9 Å². The number of halogens is 1. The van der Waals surface area contributed by atoms with Crippen molar-refractivity contribution in [3.63, 3.8) is 0 Å². The summed E-state index contributed by atoms with van der Waals surface area (Å²) in [6.45, 7) is 0.358. The molecule has 3 aromatic carbocycles. The van der Waals surface area contributed by atoms with Crippen LogP contribution in [0.3, 0.4) is 0 Å². The maximum Gasteiger partial charge on any atom is 0.273 e. The predicted octanol–water partition coefficient (Wildman–Crippen LogP) is 5.08. The number of non-ortho nitro benzene ring substituents is 1. The standard InChI is InChI=1S/C23H16ClN3O5/c24-18-5-1-16(2-6-18)14-32-20-8-3-15(4-9-20)11-17(13-25)23(29)26-21-10-7-19(27(30)31)12-22(21)28/h1-12,28H,14H2,(H,26,29). The second-order valence-electron chi connectivity index (χ2n) is 6.57. The van der Waals surface area contributed by atoms with E-state index in [2.05, 4.69) is 5.32 Å². The predicted molar refractivity (Wildman–Crippen MR) is 119 cm³/mol. The molecule has 0 heterocycles. The highest BCUT2D eigenvalue weighted by Gasteiger charge is 2.15. The van der Waals surface area contributed by atoms with Crippen LogP contribution in [0.1, 0.15) is 11.1 Å². The van der Waals surface area contributed by atoms with Crippen LogP contribution in [-0.2, 0) is 11.4 Å². The topological polar surface area (TPSA) is 125 Å². The summed E-state index contributed by atoms with van der Waals surface area (Å²) in [6.07, 6.45) is 1.38. The molecule has 0 aliphatic rings. The minimum atomic E-state index is -0.764. The smallest absolute Gasteiger partial charge is 0.273 e. The maximum atomic E-state index is 12.4. The first-order valence-corrected chi connectivity index (χ1v) is 9.61. The van der Waals surface area contributed by atoms with Gasteiger partial charge in [-0.15, -0.1) is 0 Å². The van der Waals surface area contributed by atoms with Crippen LogP contribution in [0.4, 0.5) is 11.4 Å². The summed E-state index contributed by atoms with van der Waals surface area (Å²) in [5.41, 5.74) is 0.958.